The van der Waals surface area contributed by atoms with Gasteiger partial charge in [0.2, 0.25) is 0 Å². The summed E-state index contributed by atoms with van der Waals surface area (Å²) in [4.78, 5) is 30.2. The monoisotopic (exact) mass is 247 g/mol. The molecule has 0 bridgehead atoms. The van der Waals surface area contributed by atoms with Crippen molar-refractivity contribution >= 4 is 16.9 Å². The van der Waals surface area contributed by atoms with Crippen LogP contribution in [0.4, 0.5) is 0 Å². The van der Waals surface area contributed by atoms with E-state index in [0.29, 0.717) is 11.0 Å². The highest BCUT2D eigenvalue weighted by Gasteiger charge is 2.14. The lowest BCUT2D eigenvalue weighted by molar-refractivity contribution is 0.0921. The van der Waals surface area contributed by atoms with E-state index in [1.54, 1.807) is 25.3 Å². The minimum atomic E-state index is -0.523. The van der Waals surface area contributed by atoms with Gasteiger partial charge in [-0.2, -0.15) is 0 Å². The van der Waals surface area contributed by atoms with Crippen molar-refractivity contribution in [2.75, 3.05) is 6.61 Å². The molecule has 0 fully saturated rings. The number of hydrogen-bond acceptors (Lipinski definition) is 4. The van der Waals surface area contributed by atoms with Crippen LogP contribution in [0.3, 0.4) is 0 Å². The topological polar surface area (TPSA) is 95.1 Å². The van der Waals surface area contributed by atoms with Crippen LogP contribution in [-0.4, -0.2) is 33.6 Å². The van der Waals surface area contributed by atoms with Crippen LogP contribution in [0.5, 0.6) is 0 Å². The van der Waals surface area contributed by atoms with Crippen molar-refractivity contribution in [2.24, 2.45) is 0 Å². The molecule has 6 heteroatoms. The number of hydrogen-bond donors (Lipinski definition) is 3. The third-order valence-electron chi connectivity index (χ3n) is 2.51. The van der Waals surface area contributed by atoms with Gasteiger partial charge in [0.15, 0.2) is 0 Å². The average Bonchev–Trinajstić information content (AvgIpc) is 2.37. The van der Waals surface area contributed by atoms with E-state index in [1.165, 1.54) is 6.07 Å². The summed E-state index contributed by atoms with van der Waals surface area (Å²) >= 11 is 0. The second-order valence-corrected chi connectivity index (χ2v) is 4.01. The first-order valence-electron chi connectivity index (χ1n) is 5.51. The molecule has 2 heterocycles. The Bertz CT molecular complexity index is 636. The Labute approximate surface area is 103 Å². The molecule has 0 saturated heterocycles. The zero-order valence-electron chi connectivity index (χ0n) is 9.80. The lowest BCUT2D eigenvalue weighted by Gasteiger charge is -2.10. The molecule has 2 aromatic rings. The molecule has 2 rings (SSSR count). The maximum Gasteiger partial charge on any atom is 0.261 e. The van der Waals surface area contributed by atoms with Crippen molar-refractivity contribution in [2.45, 2.75) is 13.0 Å². The van der Waals surface area contributed by atoms with Crippen LogP contribution >= 0.6 is 0 Å². The fourth-order valence-electron chi connectivity index (χ4n) is 1.55. The standard InChI is InChI=1S/C12H13N3O3/c1-7(6-16)14-11(17)8-5-10-9(15-12(8)18)3-2-4-13-10/h2-5,7,16H,6H2,1H3,(H,14,17)(H,15,18)/t7-/m1/s1. The summed E-state index contributed by atoms with van der Waals surface area (Å²) in [5.41, 5.74) is 0.632. The van der Waals surface area contributed by atoms with E-state index in [0.717, 1.165) is 0 Å². The summed E-state index contributed by atoms with van der Waals surface area (Å²) in [5, 5.41) is 11.4. The van der Waals surface area contributed by atoms with Gasteiger partial charge >= 0.3 is 0 Å². The molecule has 0 spiro atoms. The summed E-state index contributed by atoms with van der Waals surface area (Å²) in [5.74, 6) is -0.523. The van der Waals surface area contributed by atoms with Crippen LogP contribution in [0.25, 0.3) is 11.0 Å². The van der Waals surface area contributed by atoms with Crippen molar-refractivity contribution < 1.29 is 9.90 Å². The highest BCUT2D eigenvalue weighted by Crippen LogP contribution is 2.06. The number of aromatic amines is 1. The van der Waals surface area contributed by atoms with E-state index < -0.39 is 17.5 Å². The Morgan fingerprint density at radius 3 is 3.11 bits per heavy atom. The SMILES string of the molecule is C[C@H](CO)NC(=O)c1cc2ncccc2[nH]c1=O. The van der Waals surface area contributed by atoms with Gasteiger partial charge in [0.25, 0.3) is 11.5 Å². The Hall–Kier alpha value is -2.21. The van der Waals surface area contributed by atoms with E-state index in [4.69, 9.17) is 5.11 Å². The highest BCUT2D eigenvalue weighted by molar-refractivity contribution is 5.96. The molecule has 1 atom stereocenters. The van der Waals surface area contributed by atoms with Crippen LogP contribution in [0.2, 0.25) is 0 Å². The summed E-state index contributed by atoms with van der Waals surface area (Å²) in [6, 6.07) is 4.44. The lowest BCUT2D eigenvalue weighted by atomic mass is 10.2. The fraction of sp³-hybridized carbons (Fsp3) is 0.250. The Morgan fingerprint density at radius 1 is 1.61 bits per heavy atom. The molecule has 2 aromatic heterocycles. The van der Waals surface area contributed by atoms with Crippen LogP contribution in [0, 0.1) is 0 Å². The van der Waals surface area contributed by atoms with Crippen molar-refractivity contribution in [3.8, 4) is 0 Å². The zero-order valence-corrected chi connectivity index (χ0v) is 9.80. The Kier molecular flexibility index (Phi) is 3.38. The molecule has 0 saturated carbocycles. The second kappa shape index (κ2) is 4.97. The van der Waals surface area contributed by atoms with Gasteiger partial charge in [-0.05, 0) is 25.1 Å². The van der Waals surface area contributed by atoms with Gasteiger partial charge in [-0.15, -0.1) is 0 Å². The molecule has 1 amide bonds. The smallest absolute Gasteiger partial charge is 0.261 e. The van der Waals surface area contributed by atoms with E-state index in [2.05, 4.69) is 15.3 Å². The zero-order chi connectivity index (χ0) is 13.1. The molecule has 18 heavy (non-hydrogen) atoms. The van der Waals surface area contributed by atoms with Crippen LogP contribution in [-0.2, 0) is 0 Å². The molecule has 0 aromatic carbocycles. The number of fused-ring (bicyclic) bond motifs is 1. The highest BCUT2D eigenvalue weighted by atomic mass is 16.3. The number of pyridine rings is 2. The molecule has 0 unspecified atom stereocenters. The lowest BCUT2D eigenvalue weighted by Crippen LogP contribution is -2.37. The van der Waals surface area contributed by atoms with Crippen LogP contribution < -0.4 is 10.9 Å². The second-order valence-electron chi connectivity index (χ2n) is 4.01. The molecule has 0 aliphatic rings. The number of aliphatic hydroxyl groups excluding tert-OH is 1. The minimum Gasteiger partial charge on any atom is -0.394 e. The van der Waals surface area contributed by atoms with Crippen molar-refractivity contribution in [3.05, 3.63) is 40.3 Å². The molecular formula is C12H13N3O3. The normalized spacial score (nSPS) is 12.3. The number of carbonyl (C=O) groups excluding carboxylic acids is 1. The quantitative estimate of drug-likeness (QED) is 0.713. The molecular weight excluding hydrogens is 234 g/mol. The van der Waals surface area contributed by atoms with Gasteiger partial charge < -0.3 is 15.4 Å². The fourth-order valence-corrected chi connectivity index (χ4v) is 1.55. The maximum absolute atomic E-state index is 11.8. The summed E-state index contributed by atoms with van der Waals surface area (Å²) in [7, 11) is 0. The van der Waals surface area contributed by atoms with Crippen LogP contribution in [0.15, 0.2) is 29.2 Å². The van der Waals surface area contributed by atoms with Crippen molar-refractivity contribution in [3.63, 3.8) is 0 Å². The van der Waals surface area contributed by atoms with Gasteiger partial charge in [0, 0.05) is 12.2 Å². The first-order chi connectivity index (χ1) is 8.61. The molecule has 6 nitrogen and oxygen atoms in total. The first kappa shape index (κ1) is 12.3. The molecule has 0 aliphatic carbocycles. The number of amides is 1. The van der Waals surface area contributed by atoms with Gasteiger partial charge in [0.1, 0.15) is 5.56 Å². The molecule has 0 radical (unpaired) electrons. The van der Waals surface area contributed by atoms with Gasteiger partial charge in [-0.3, -0.25) is 14.6 Å². The van der Waals surface area contributed by atoms with E-state index >= 15 is 0 Å². The summed E-state index contributed by atoms with van der Waals surface area (Å²) in [6.07, 6.45) is 1.58. The number of nitrogens with one attached hydrogen (secondary N) is 2. The number of aliphatic hydroxyl groups is 1. The predicted octanol–water partition coefficient (Wildman–Crippen LogP) is 0.0337. The van der Waals surface area contributed by atoms with E-state index in [1.807, 2.05) is 0 Å². The first-order valence-corrected chi connectivity index (χ1v) is 5.51. The largest absolute Gasteiger partial charge is 0.394 e. The predicted molar refractivity (Wildman–Crippen MR) is 66.4 cm³/mol. The number of aromatic nitrogens is 2. The van der Waals surface area contributed by atoms with Crippen LogP contribution in [0.1, 0.15) is 17.3 Å². The number of rotatable bonds is 3. The van der Waals surface area contributed by atoms with Gasteiger partial charge in [0.05, 0.1) is 17.6 Å². The Balaban J connectivity index is 2.42. The Morgan fingerprint density at radius 2 is 2.39 bits per heavy atom. The summed E-state index contributed by atoms with van der Waals surface area (Å²) in [6.45, 7) is 1.46. The molecule has 3 N–H and O–H groups in total. The summed E-state index contributed by atoms with van der Waals surface area (Å²) < 4.78 is 0. The van der Waals surface area contributed by atoms with Crippen molar-refractivity contribution in [1.82, 2.24) is 15.3 Å². The number of nitrogens with zero attached hydrogens (tertiary/aromatic N) is 1. The third kappa shape index (κ3) is 2.38. The van der Waals surface area contributed by atoms with E-state index in [-0.39, 0.29) is 12.2 Å². The number of H-pyrrole nitrogens is 1. The number of carbonyl (C=O) groups is 1. The van der Waals surface area contributed by atoms with E-state index in [9.17, 15) is 9.59 Å². The van der Waals surface area contributed by atoms with Gasteiger partial charge in [-0.1, -0.05) is 0 Å². The average molecular weight is 247 g/mol. The van der Waals surface area contributed by atoms with Crippen molar-refractivity contribution in [1.29, 1.82) is 0 Å². The molecule has 0 aliphatic heterocycles. The molecule has 94 valence electrons. The maximum atomic E-state index is 11.8. The minimum absolute atomic E-state index is 0.0125. The third-order valence-corrected chi connectivity index (χ3v) is 2.51. The van der Waals surface area contributed by atoms with Gasteiger partial charge in [-0.25, -0.2) is 0 Å².